The summed E-state index contributed by atoms with van der Waals surface area (Å²) in [6.07, 6.45) is 3.12. The second-order valence-electron chi connectivity index (χ2n) is 3.43. The molecule has 1 aromatic carbocycles. The predicted octanol–water partition coefficient (Wildman–Crippen LogP) is 2.06. The summed E-state index contributed by atoms with van der Waals surface area (Å²) in [4.78, 5) is 15.6. The molecule has 0 saturated carbocycles. The summed E-state index contributed by atoms with van der Waals surface area (Å²) in [5.41, 5.74) is 6.20. The standard InChI is InChI=1S/C12H10FN3O/c13-10-4-3-8(6-11(10)14)12(17)16-9-2-1-5-15-7-9/h1-7H,14H2,(H,16,17). The summed E-state index contributed by atoms with van der Waals surface area (Å²) in [7, 11) is 0. The number of halogens is 1. The van der Waals surface area contributed by atoms with Crippen LogP contribution in [0.3, 0.4) is 0 Å². The number of rotatable bonds is 2. The SMILES string of the molecule is Nc1cc(C(=O)Nc2cccnc2)ccc1F. The fraction of sp³-hybridized carbons (Fsp3) is 0. The van der Waals surface area contributed by atoms with Crippen molar-refractivity contribution in [3.8, 4) is 0 Å². The van der Waals surface area contributed by atoms with Crippen LogP contribution in [0.1, 0.15) is 10.4 Å². The number of carbonyl (C=O) groups excluding carboxylic acids is 1. The third kappa shape index (κ3) is 2.57. The van der Waals surface area contributed by atoms with Gasteiger partial charge in [0.1, 0.15) is 5.82 Å². The molecular weight excluding hydrogens is 221 g/mol. The maximum atomic E-state index is 12.9. The van der Waals surface area contributed by atoms with Crippen LogP contribution in [0, 0.1) is 5.82 Å². The molecule has 4 nitrogen and oxygen atoms in total. The van der Waals surface area contributed by atoms with Gasteiger partial charge in [0.25, 0.3) is 5.91 Å². The van der Waals surface area contributed by atoms with Crippen molar-refractivity contribution >= 4 is 17.3 Å². The van der Waals surface area contributed by atoms with E-state index in [1.54, 1.807) is 18.3 Å². The molecule has 1 heterocycles. The lowest BCUT2D eigenvalue weighted by molar-refractivity contribution is 0.102. The predicted molar refractivity (Wildman–Crippen MR) is 63.0 cm³/mol. The van der Waals surface area contributed by atoms with Gasteiger partial charge in [0.15, 0.2) is 0 Å². The fourth-order valence-corrected chi connectivity index (χ4v) is 1.32. The zero-order valence-electron chi connectivity index (χ0n) is 8.85. The Balaban J connectivity index is 2.18. The minimum atomic E-state index is -0.539. The van der Waals surface area contributed by atoms with E-state index in [1.165, 1.54) is 18.3 Å². The molecule has 0 atom stereocenters. The number of hydrogen-bond donors (Lipinski definition) is 2. The Labute approximate surface area is 97.3 Å². The molecule has 0 aliphatic heterocycles. The Kier molecular flexibility index (Phi) is 3.00. The fourth-order valence-electron chi connectivity index (χ4n) is 1.32. The van der Waals surface area contributed by atoms with E-state index in [0.717, 1.165) is 6.07 Å². The van der Waals surface area contributed by atoms with E-state index in [0.29, 0.717) is 11.3 Å². The first-order valence-corrected chi connectivity index (χ1v) is 4.93. The average molecular weight is 231 g/mol. The Hall–Kier alpha value is -2.43. The van der Waals surface area contributed by atoms with Gasteiger partial charge < -0.3 is 11.1 Å². The largest absolute Gasteiger partial charge is 0.396 e. The molecule has 0 unspecified atom stereocenters. The van der Waals surface area contributed by atoms with Crippen LogP contribution >= 0.6 is 0 Å². The molecule has 1 aromatic heterocycles. The van der Waals surface area contributed by atoms with Crippen molar-refractivity contribution in [3.63, 3.8) is 0 Å². The number of carbonyl (C=O) groups is 1. The summed E-state index contributed by atoms with van der Waals surface area (Å²) in [6.45, 7) is 0. The van der Waals surface area contributed by atoms with Gasteiger partial charge in [0, 0.05) is 11.8 Å². The zero-order chi connectivity index (χ0) is 12.3. The van der Waals surface area contributed by atoms with E-state index >= 15 is 0 Å². The molecule has 0 aliphatic carbocycles. The third-order valence-corrected chi connectivity index (χ3v) is 2.18. The van der Waals surface area contributed by atoms with Gasteiger partial charge in [-0.25, -0.2) is 4.39 Å². The highest BCUT2D eigenvalue weighted by molar-refractivity contribution is 6.04. The van der Waals surface area contributed by atoms with E-state index in [1.807, 2.05) is 0 Å². The molecule has 0 radical (unpaired) electrons. The van der Waals surface area contributed by atoms with Crippen molar-refractivity contribution in [3.05, 3.63) is 54.1 Å². The monoisotopic (exact) mass is 231 g/mol. The summed E-state index contributed by atoms with van der Waals surface area (Å²) in [6, 6.07) is 7.23. The third-order valence-electron chi connectivity index (χ3n) is 2.18. The Bertz CT molecular complexity index is 543. The van der Waals surface area contributed by atoms with Crippen molar-refractivity contribution in [2.24, 2.45) is 0 Å². The van der Waals surface area contributed by atoms with Crippen LogP contribution in [0.5, 0.6) is 0 Å². The summed E-state index contributed by atoms with van der Waals surface area (Å²) < 4.78 is 12.9. The van der Waals surface area contributed by atoms with Crippen molar-refractivity contribution < 1.29 is 9.18 Å². The number of nitrogens with zero attached hydrogens (tertiary/aromatic N) is 1. The summed E-state index contributed by atoms with van der Waals surface area (Å²) >= 11 is 0. The van der Waals surface area contributed by atoms with E-state index in [-0.39, 0.29) is 11.6 Å². The van der Waals surface area contributed by atoms with E-state index in [2.05, 4.69) is 10.3 Å². The highest BCUT2D eigenvalue weighted by Gasteiger charge is 2.08. The van der Waals surface area contributed by atoms with Crippen molar-refractivity contribution in [2.45, 2.75) is 0 Å². The second-order valence-corrected chi connectivity index (χ2v) is 3.43. The molecule has 0 saturated heterocycles. The van der Waals surface area contributed by atoms with Gasteiger partial charge in [-0.2, -0.15) is 0 Å². The van der Waals surface area contributed by atoms with Crippen LogP contribution in [-0.2, 0) is 0 Å². The van der Waals surface area contributed by atoms with Crippen LogP contribution in [0.25, 0.3) is 0 Å². The second kappa shape index (κ2) is 4.61. The van der Waals surface area contributed by atoms with Gasteiger partial charge in [0.05, 0.1) is 17.6 Å². The number of pyridine rings is 1. The number of nitrogen functional groups attached to an aromatic ring is 1. The first-order valence-electron chi connectivity index (χ1n) is 4.93. The van der Waals surface area contributed by atoms with Gasteiger partial charge in [0.2, 0.25) is 0 Å². The zero-order valence-corrected chi connectivity index (χ0v) is 8.85. The number of hydrogen-bond acceptors (Lipinski definition) is 3. The van der Waals surface area contributed by atoms with Crippen LogP contribution in [0.4, 0.5) is 15.8 Å². The van der Waals surface area contributed by atoms with E-state index < -0.39 is 5.82 Å². The molecule has 2 rings (SSSR count). The van der Waals surface area contributed by atoms with Gasteiger partial charge in [-0.05, 0) is 30.3 Å². The average Bonchev–Trinajstić information content (AvgIpc) is 2.34. The normalized spacial score (nSPS) is 9.94. The number of benzene rings is 1. The molecule has 3 N–H and O–H groups in total. The van der Waals surface area contributed by atoms with Crippen LogP contribution in [-0.4, -0.2) is 10.9 Å². The van der Waals surface area contributed by atoms with Gasteiger partial charge in [-0.15, -0.1) is 0 Å². The number of aromatic nitrogens is 1. The molecular formula is C12H10FN3O. The van der Waals surface area contributed by atoms with E-state index in [4.69, 9.17) is 5.73 Å². The molecule has 1 amide bonds. The Morgan fingerprint density at radius 1 is 1.35 bits per heavy atom. The topological polar surface area (TPSA) is 68.0 Å². The van der Waals surface area contributed by atoms with Crippen molar-refractivity contribution in [1.82, 2.24) is 4.98 Å². The van der Waals surface area contributed by atoms with Crippen molar-refractivity contribution in [2.75, 3.05) is 11.1 Å². The first kappa shape index (κ1) is 11.1. The lowest BCUT2D eigenvalue weighted by atomic mass is 10.2. The number of nitrogens with one attached hydrogen (secondary N) is 1. The maximum absolute atomic E-state index is 12.9. The van der Waals surface area contributed by atoms with Gasteiger partial charge in [-0.3, -0.25) is 9.78 Å². The van der Waals surface area contributed by atoms with Gasteiger partial charge >= 0.3 is 0 Å². The molecule has 0 bridgehead atoms. The highest BCUT2D eigenvalue weighted by atomic mass is 19.1. The lowest BCUT2D eigenvalue weighted by Gasteiger charge is -2.05. The lowest BCUT2D eigenvalue weighted by Crippen LogP contribution is -2.12. The van der Waals surface area contributed by atoms with Crippen molar-refractivity contribution in [1.29, 1.82) is 0 Å². The minimum absolute atomic E-state index is 0.0520. The van der Waals surface area contributed by atoms with Crippen LogP contribution in [0.2, 0.25) is 0 Å². The number of amides is 1. The van der Waals surface area contributed by atoms with E-state index in [9.17, 15) is 9.18 Å². The molecule has 2 aromatic rings. The van der Waals surface area contributed by atoms with Crippen LogP contribution < -0.4 is 11.1 Å². The molecule has 86 valence electrons. The molecule has 0 spiro atoms. The molecule has 17 heavy (non-hydrogen) atoms. The highest BCUT2D eigenvalue weighted by Crippen LogP contribution is 2.13. The number of anilines is 2. The summed E-state index contributed by atoms with van der Waals surface area (Å²) in [5.74, 6) is -0.896. The van der Waals surface area contributed by atoms with Gasteiger partial charge in [-0.1, -0.05) is 0 Å². The minimum Gasteiger partial charge on any atom is -0.396 e. The Morgan fingerprint density at radius 2 is 2.18 bits per heavy atom. The molecule has 0 aliphatic rings. The summed E-state index contributed by atoms with van der Waals surface area (Å²) in [5, 5.41) is 2.63. The maximum Gasteiger partial charge on any atom is 0.255 e. The molecule has 0 fully saturated rings. The molecule has 5 heteroatoms. The first-order chi connectivity index (χ1) is 8.16. The smallest absolute Gasteiger partial charge is 0.255 e. The van der Waals surface area contributed by atoms with Crippen LogP contribution in [0.15, 0.2) is 42.7 Å². The Morgan fingerprint density at radius 3 is 2.82 bits per heavy atom. The number of nitrogens with two attached hydrogens (primary N) is 1. The quantitative estimate of drug-likeness (QED) is 0.777.